The Morgan fingerprint density at radius 2 is 2.14 bits per heavy atom. The van der Waals surface area contributed by atoms with Gasteiger partial charge in [-0.15, -0.1) is 11.6 Å². The predicted octanol–water partition coefficient (Wildman–Crippen LogP) is 4.21. The first-order chi connectivity index (χ1) is 10.3. The number of nitrogens with zero attached hydrogens (tertiary/aromatic N) is 2. The lowest BCUT2D eigenvalue weighted by molar-refractivity contribution is 0.0753. The average molecular weight is 325 g/mol. The fourth-order valence-corrected chi connectivity index (χ4v) is 3.95. The molecule has 112 valence electrons. The molecule has 2 unspecified atom stereocenters. The fraction of sp³-hybridized carbons (Fsp3) is 0.562. The van der Waals surface area contributed by atoms with Crippen molar-refractivity contribution in [1.82, 2.24) is 9.55 Å². The summed E-state index contributed by atoms with van der Waals surface area (Å²) in [5, 5.41) is 0.766. The van der Waals surface area contributed by atoms with Crippen molar-refractivity contribution in [3.05, 3.63) is 29.0 Å². The number of ether oxygens (including phenoxy) is 1. The van der Waals surface area contributed by atoms with Crippen LogP contribution in [0, 0.1) is 5.92 Å². The molecule has 0 radical (unpaired) electrons. The zero-order chi connectivity index (χ0) is 14.4. The van der Waals surface area contributed by atoms with Gasteiger partial charge in [0.2, 0.25) is 0 Å². The zero-order valence-corrected chi connectivity index (χ0v) is 13.3. The van der Waals surface area contributed by atoms with Gasteiger partial charge in [0.05, 0.1) is 28.2 Å². The standard InChI is InChI=1S/C16H18Cl2N2O/c17-8-6-14-19-12-3-1-2-11(18)15(12)20(14)13-7-9-21-16(13)10-4-5-10/h1-3,10,13,16H,4-9H2. The Labute approximate surface area is 134 Å². The van der Waals surface area contributed by atoms with E-state index in [1.807, 2.05) is 18.2 Å². The van der Waals surface area contributed by atoms with Crippen LogP contribution >= 0.6 is 23.2 Å². The van der Waals surface area contributed by atoms with Crippen LogP contribution in [0.2, 0.25) is 5.02 Å². The van der Waals surface area contributed by atoms with E-state index in [4.69, 9.17) is 32.9 Å². The monoisotopic (exact) mass is 324 g/mol. The summed E-state index contributed by atoms with van der Waals surface area (Å²) in [5.41, 5.74) is 2.00. The minimum atomic E-state index is 0.313. The SMILES string of the molecule is ClCCc1nc2cccc(Cl)c2n1C1CCOC1C1CC1. The first-order valence-electron chi connectivity index (χ1n) is 7.62. The van der Waals surface area contributed by atoms with E-state index in [-0.39, 0.29) is 0 Å². The average Bonchev–Trinajstić information content (AvgIpc) is 3.08. The molecule has 1 saturated heterocycles. The Bertz CT molecular complexity index is 666. The number of imidazole rings is 1. The van der Waals surface area contributed by atoms with Crippen LogP contribution in [-0.4, -0.2) is 28.1 Å². The molecule has 2 atom stereocenters. The molecule has 5 heteroatoms. The molecule has 0 N–H and O–H groups in total. The normalized spacial score (nSPS) is 25.8. The minimum absolute atomic E-state index is 0.313. The van der Waals surface area contributed by atoms with E-state index in [9.17, 15) is 0 Å². The second kappa shape index (κ2) is 5.45. The van der Waals surface area contributed by atoms with E-state index in [0.717, 1.165) is 41.3 Å². The molecule has 0 spiro atoms. The minimum Gasteiger partial charge on any atom is -0.376 e. The smallest absolute Gasteiger partial charge is 0.111 e. The molecule has 3 nitrogen and oxygen atoms in total. The second-order valence-corrected chi connectivity index (χ2v) is 6.76. The summed E-state index contributed by atoms with van der Waals surface area (Å²) in [6.07, 6.45) is 4.68. The summed E-state index contributed by atoms with van der Waals surface area (Å²) >= 11 is 12.4. The van der Waals surface area contributed by atoms with Crippen molar-refractivity contribution in [2.24, 2.45) is 5.92 Å². The molecule has 1 aromatic carbocycles. The van der Waals surface area contributed by atoms with Crippen LogP contribution in [0.3, 0.4) is 0 Å². The number of fused-ring (bicyclic) bond motifs is 1. The van der Waals surface area contributed by atoms with Gasteiger partial charge in [-0.05, 0) is 37.3 Å². The largest absolute Gasteiger partial charge is 0.376 e. The van der Waals surface area contributed by atoms with Crippen LogP contribution in [0.5, 0.6) is 0 Å². The zero-order valence-electron chi connectivity index (χ0n) is 11.8. The number of halogens is 2. The highest BCUT2D eigenvalue weighted by atomic mass is 35.5. The van der Waals surface area contributed by atoms with Crippen LogP contribution in [0.1, 0.15) is 31.1 Å². The number of aryl methyl sites for hydroxylation is 1. The number of hydrogen-bond donors (Lipinski definition) is 0. The van der Waals surface area contributed by atoms with Gasteiger partial charge in [0.1, 0.15) is 5.82 Å². The first-order valence-corrected chi connectivity index (χ1v) is 8.53. The lowest BCUT2D eigenvalue weighted by Gasteiger charge is -2.22. The maximum atomic E-state index is 6.46. The van der Waals surface area contributed by atoms with Crippen LogP contribution in [0.25, 0.3) is 11.0 Å². The predicted molar refractivity (Wildman–Crippen MR) is 85.3 cm³/mol. The van der Waals surface area contributed by atoms with Gasteiger partial charge in [0, 0.05) is 18.9 Å². The van der Waals surface area contributed by atoms with Crippen molar-refractivity contribution in [3.8, 4) is 0 Å². The molecule has 0 bridgehead atoms. The van der Waals surface area contributed by atoms with Crippen LogP contribution in [0.15, 0.2) is 18.2 Å². The maximum Gasteiger partial charge on any atom is 0.111 e. The summed E-state index contributed by atoms with van der Waals surface area (Å²) in [6.45, 7) is 0.830. The number of aromatic nitrogens is 2. The van der Waals surface area contributed by atoms with Crippen molar-refractivity contribution in [2.45, 2.75) is 37.8 Å². The van der Waals surface area contributed by atoms with Gasteiger partial charge in [-0.25, -0.2) is 4.98 Å². The molecule has 1 aliphatic carbocycles. The van der Waals surface area contributed by atoms with E-state index in [0.29, 0.717) is 23.9 Å². The lowest BCUT2D eigenvalue weighted by atomic mass is 10.1. The van der Waals surface area contributed by atoms with Gasteiger partial charge in [-0.3, -0.25) is 0 Å². The first kappa shape index (κ1) is 13.9. The molecule has 2 aromatic rings. The third kappa shape index (κ3) is 2.36. The number of para-hydroxylation sites is 1. The highest BCUT2D eigenvalue weighted by Crippen LogP contribution is 2.45. The lowest BCUT2D eigenvalue weighted by Crippen LogP contribution is -2.24. The molecule has 2 aliphatic rings. The van der Waals surface area contributed by atoms with E-state index in [1.54, 1.807) is 0 Å². The fourth-order valence-electron chi connectivity index (χ4n) is 3.52. The van der Waals surface area contributed by atoms with Gasteiger partial charge in [-0.2, -0.15) is 0 Å². The molecule has 1 saturated carbocycles. The van der Waals surface area contributed by atoms with E-state index in [2.05, 4.69) is 4.57 Å². The van der Waals surface area contributed by atoms with Crippen molar-refractivity contribution >= 4 is 34.2 Å². The molecular formula is C16H18Cl2N2O. The number of rotatable bonds is 4. The van der Waals surface area contributed by atoms with Crippen molar-refractivity contribution in [3.63, 3.8) is 0 Å². The maximum absolute atomic E-state index is 6.46. The molecule has 21 heavy (non-hydrogen) atoms. The quantitative estimate of drug-likeness (QED) is 0.787. The number of benzene rings is 1. The topological polar surface area (TPSA) is 27.1 Å². The van der Waals surface area contributed by atoms with Gasteiger partial charge in [-0.1, -0.05) is 17.7 Å². The Hall–Kier alpha value is -0.770. The van der Waals surface area contributed by atoms with Gasteiger partial charge in [0.15, 0.2) is 0 Å². The summed E-state index contributed by atoms with van der Waals surface area (Å²) < 4.78 is 8.33. The third-order valence-corrected chi connectivity index (χ3v) is 5.07. The molecule has 0 amide bonds. The Morgan fingerprint density at radius 1 is 1.29 bits per heavy atom. The molecule has 1 aliphatic heterocycles. The molecule has 2 heterocycles. The van der Waals surface area contributed by atoms with Gasteiger partial charge < -0.3 is 9.30 Å². The highest BCUT2D eigenvalue weighted by molar-refractivity contribution is 6.35. The van der Waals surface area contributed by atoms with Crippen LogP contribution < -0.4 is 0 Å². The van der Waals surface area contributed by atoms with Crippen LogP contribution in [-0.2, 0) is 11.2 Å². The summed E-state index contributed by atoms with van der Waals surface area (Å²) in [7, 11) is 0. The van der Waals surface area contributed by atoms with Crippen molar-refractivity contribution in [1.29, 1.82) is 0 Å². The van der Waals surface area contributed by atoms with Gasteiger partial charge in [0.25, 0.3) is 0 Å². The summed E-state index contributed by atoms with van der Waals surface area (Å²) in [5.74, 6) is 2.32. The molecule has 2 fully saturated rings. The Morgan fingerprint density at radius 3 is 2.90 bits per heavy atom. The highest BCUT2D eigenvalue weighted by Gasteiger charge is 2.42. The number of hydrogen-bond acceptors (Lipinski definition) is 2. The summed E-state index contributed by atoms with van der Waals surface area (Å²) in [4.78, 5) is 4.76. The molecular weight excluding hydrogens is 307 g/mol. The molecule has 4 rings (SSSR count). The summed E-state index contributed by atoms with van der Waals surface area (Å²) in [6, 6.07) is 6.27. The van der Waals surface area contributed by atoms with E-state index < -0.39 is 0 Å². The second-order valence-electron chi connectivity index (χ2n) is 5.97. The van der Waals surface area contributed by atoms with Crippen LogP contribution in [0.4, 0.5) is 0 Å². The van der Waals surface area contributed by atoms with E-state index in [1.165, 1.54) is 12.8 Å². The van der Waals surface area contributed by atoms with Crippen molar-refractivity contribution < 1.29 is 4.74 Å². The van der Waals surface area contributed by atoms with Gasteiger partial charge >= 0.3 is 0 Å². The van der Waals surface area contributed by atoms with E-state index >= 15 is 0 Å². The number of alkyl halides is 1. The molecule has 1 aromatic heterocycles. The Kier molecular flexibility index (Phi) is 3.60. The Balaban J connectivity index is 1.86. The van der Waals surface area contributed by atoms with Crippen molar-refractivity contribution in [2.75, 3.05) is 12.5 Å². The third-order valence-electron chi connectivity index (χ3n) is 4.57.